The van der Waals surface area contributed by atoms with E-state index in [0.29, 0.717) is 10.8 Å². The molecule has 6 atom stereocenters. The van der Waals surface area contributed by atoms with Crippen molar-refractivity contribution in [3.8, 4) is 11.5 Å². The highest BCUT2D eigenvalue weighted by atomic mass is 32.2. The van der Waals surface area contributed by atoms with Crippen LogP contribution in [0.25, 0.3) is 0 Å². The Morgan fingerprint density at radius 3 is 2.18 bits per heavy atom. The average molecular weight is 545 g/mol. The van der Waals surface area contributed by atoms with Crippen LogP contribution in [-0.4, -0.2) is 10.2 Å². The van der Waals surface area contributed by atoms with Gasteiger partial charge in [0.15, 0.2) is 11.5 Å². The lowest BCUT2D eigenvalue weighted by atomic mass is 9.34. The standard InChI is InChI=1S/C36H48O2S/c1-22-9-11-24(12-10-22)39-27-20-28-34(6,25-19-26(37)31(38)23(2)30(25)27)16-18-36(8)29-21-32(3,4)13-14-33(29,5)15-17-35(28,36)7/h9-12,19-20,27,29,37-38H,13-18,21H2,1-8H3/t27?,29-,33-,34+,35-,36+/m1/s1. The van der Waals surface area contributed by atoms with E-state index in [1.807, 2.05) is 24.8 Å². The van der Waals surface area contributed by atoms with Gasteiger partial charge in [0.2, 0.25) is 0 Å². The summed E-state index contributed by atoms with van der Waals surface area (Å²) in [4.78, 5) is 1.25. The zero-order valence-corrected chi connectivity index (χ0v) is 26.2. The summed E-state index contributed by atoms with van der Waals surface area (Å²) in [6, 6.07) is 10.7. The number of allylic oxidation sites excluding steroid dienone is 1. The fourth-order valence-electron chi connectivity index (χ4n) is 9.71. The number of fused-ring (bicyclic) bond motifs is 7. The Balaban J connectivity index is 1.53. The minimum Gasteiger partial charge on any atom is -0.504 e. The second-order valence-corrected chi connectivity index (χ2v) is 16.6. The van der Waals surface area contributed by atoms with Gasteiger partial charge in [-0.05, 0) is 121 Å². The molecule has 2 nitrogen and oxygen atoms in total. The molecule has 1 unspecified atom stereocenters. The zero-order valence-electron chi connectivity index (χ0n) is 25.4. The van der Waals surface area contributed by atoms with Gasteiger partial charge in [-0.1, -0.05) is 70.9 Å². The molecule has 210 valence electrons. The first kappa shape index (κ1) is 27.3. The van der Waals surface area contributed by atoms with Crippen LogP contribution in [0.1, 0.15) is 114 Å². The minimum absolute atomic E-state index is 0.0246. The first-order valence-corrected chi connectivity index (χ1v) is 16.0. The predicted octanol–water partition coefficient (Wildman–Crippen LogP) is 10.2. The van der Waals surface area contributed by atoms with Crippen molar-refractivity contribution < 1.29 is 10.2 Å². The lowest BCUT2D eigenvalue weighted by Crippen LogP contribution is -2.62. The second kappa shape index (κ2) is 8.57. The molecule has 0 aliphatic heterocycles. The molecule has 0 saturated heterocycles. The van der Waals surface area contributed by atoms with Crippen molar-refractivity contribution in [1.82, 2.24) is 0 Å². The quantitative estimate of drug-likeness (QED) is 0.292. The topological polar surface area (TPSA) is 40.5 Å². The first-order chi connectivity index (χ1) is 18.1. The van der Waals surface area contributed by atoms with E-state index in [2.05, 4.69) is 78.8 Å². The van der Waals surface area contributed by atoms with Crippen molar-refractivity contribution in [2.75, 3.05) is 0 Å². The molecule has 0 aromatic heterocycles. The van der Waals surface area contributed by atoms with Crippen LogP contribution >= 0.6 is 11.8 Å². The Morgan fingerprint density at radius 2 is 1.49 bits per heavy atom. The second-order valence-electron chi connectivity index (χ2n) is 15.4. The third-order valence-corrected chi connectivity index (χ3v) is 13.8. The molecule has 0 heterocycles. The maximum atomic E-state index is 10.9. The SMILES string of the molecule is Cc1ccc(SC2C=C3[C@@](C)(CC[C@@]4(C)[C@@H]5CC(C)(C)CC[C@]5(C)CC[C@]34C)c3cc(O)c(O)c(C)c32)cc1. The van der Waals surface area contributed by atoms with Gasteiger partial charge in [-0.15, -0.1) is 11.8 Å². The van der Waals surface area contributed by atoms with Crippen molar-refractivity contribution in [3.05, 3.63) is 64.2 Å². The van der Waals surface area contributed by atoms with Gasteiger partial charge in [-0.25, -0.2) is 0 Å². The zero-order chi connectivity index (χ0) is 28.2. The van der Waals surface area contributed by atoms with Crippen LogP contribution in [0.5, 0.6) is 11.5 Å². The highest BCUT2D eigenvalue weighted by Gasteiger charge is 2.66. The number of rotatable bonds is 2. The molecule has 2 N–H and O–H groups in total. The smallest absolute Gasteiger partial charge is 0.160 e. The molecule has 2 aromatic rings. The van der Waals surface area contributed by atoms with Crippen LogP contribution in [0.4, 0.5) is 0 Å². The number of hydrogen-bond acceptors (Lipinski definition) is 3. The van der Waals surface area contributed by atoms with Gasteiger partial charge >= 0.3 is 0 Å². The molecule has 3 heteroatoms. The van der Waals surface area contributed by atoms with Gasteiger partial charge < -0.3 is 10.2 Å². The molecule has 4 aliphatic carbocycles. The monoisotopic (exact) mass is 544 g/mol. The lowest BCUT2D eigenvalue weighted by Gasteiger charge is -2.70. The normalized spacial score (nSPS) is 38.6. The molecular weight excluding hydrogens is 496 g/mol. The minimum atomic E-state index is -0.137. The van der Waals surface area contributed by atoms with Crippen molar-refractivity contribution in [1.29, 1.82) is 0 Å². The number of phenols is 2. The van der Waals surface area contributed by atoms with E-state index >= 15 is 0 Å². The summed E-state index contributed by atoms with van der Waals surface area (Å²) < 4.78 is 0. The summed E-state index contributed by atoms with van der Waals surface area (Å²) in [6.07, 6.45) is 11.5. The van der Waals surface area contributed by atoms with Crippen molar-refractivity contribution in [2.24, 2.45) is 27.6 Å². The molecule has 0 radical (unpaired) electrons. The van der Waals surface area contributed by atoms with Crippen LogP contribution < -0.4 is 0 Å². The first-order valence-electron chi connectivity index (χ1n) is 15.2. The highest BCUT2D eigenvalue weighted by Crippen LogP contribution is 2.75. The van der Waals surface area contributed by atoms with Crippen LogP contribution in [-0.2, 0) is 5.41 Å². The summed E-state index contributed by atoms with van der Waals surface area (Å²) in [5.41, 5.74) is 7.17. The van der Waals surface area contributed by atoms with Gasteiger partial charge in [0.05, 0.1) is 5.25 Å². The third-order valence-electron chi connectivity index (χ3n) is 12.6. The Labute approximate surface area is 240 Å². The van der Waals surface area contributed by atoms with Crippen molar-refractivity contribution in [2.45, 2.75) is 116 Å². The van der Waals surface area contributed by atoms with Gasteiger partial charge in [0, 0.05) is 10.3 Å². The molecule has 39 heavy (non-hydrogen) atoms. The lowest BCUT2D eigenvalue weighted by molar-refractivity contribution is -0.156. The number of aryl methyl sites for hydroxylation is 1. The fourth-order valence-corrected chi connectivity index (χ4v) is 10.9. The number of benzene rings is 2. The van der Waals surface area contributed by atoms with E-state index in [0.717, 1.165) is 17.9 Å². The van der Waals surface area contributed by atoms with E-state index in [4.69, 9.17) is 0 Å². The molecule has 0 amide bonds. The van der Waals surface area contributed by atoms with E-state index in [1.54, 1.807) is 5.57 Å². The molecular formula is C36H48O2S. The van der Waals surface area contributed by atoms with Gasteiger partial charge in [0.25, 0.3) is 0 Å². The molecule has 3 fully saturated rings. The molecule has 0 spiro atoms. The summed E-state index contributed by atoms with van der Waals surface area (Å²) in [5.74, 6) is 0.780. The number of thioether (sulfide) groups is 1. The summed E-state index contributed by atoms with van der Waals surface area (Å²) in [6.45, 7) is 19.4. The number of hydrogen-bond donors (Lipinski definition) is 2. The van der Waals surface area contributed by atoms with Gasteiger partial charge in [-0.3, -0.25) is 0 Å². The van der Waals surface area contributed by atoms with Crippen LogP contribution in [0.3, 0.4) is 0 Å². The molecule has 4 aliphatic rings. The largest absolute Gasteiger partial charge is 0.504 e. The fraction of sp³-hybridized carbons (Fsp3) is 0.611. The van der Waals surface area contributed by atoms with Crippen LogP contribution in [0.15, 0.2) is 46.9 Å². The Bertz CT molecular complexity index is 1360. The van der Waals surface area contributed by atoms with E-state index in [1.165, 1.54) is 60.1 Å². The van der Waals surface area contributed by atoms with Gasteiger partial charge in [0.1, 0.15) is 0 Å². The van der Waals surface area contributed by atoms with Crippen molar-refractivity contribution >= 4 is 11.8 Å². The van der Waals surface area contributed by atoms with Crippen molar-refractivity contribution in [3.63, 3.8) is 0 Å². The van der Waals surface area contributed by atoms with Crippen LogP contribution in [0.2, 0.25) is 0 Å². The molecule has 3 saturated carbocycles. The average Bonchev–Trinajstić information content (AvgIpc) is 2.88. The highest BCUT2D eigenvalue weighted by molar-refractivity contribution is 7.99. The molecule has 0 bridgehead atoms. The van der Waals surface area contributed by atoms with Crippen LogP contribution in [0, 0.1) is 41.4 Å². The maximum absolute atomic E-state index is 10.9. The van der Waals surface area contributed by atoms with Gasteiger partial charge in [-0.2, -0.15) is 0 Å². The van der Waals surface area contributed by atoms with E-state index in [9.17, 15) is 10.2 Å². The predicted molar refractivity (Wildman–Crippen MR) is 164 cm³/mol. The molecule has 6 rings (SSSR count). The maximum Gasteiger partial charge on any atom is 0.160 e. The Morgan fingerprint density at radius 1 is 0.821 bits per heavy atom. The molecule has 2 aromatic carbocycles. The third kappa shape index (κ3) is 3.81. The summed E-state index contributed by atoms with van der Waals surface area (Å²) in [5, 5.41) is 21.9. The Kier molecular flexibility index (Phi) is 6.00. The van der Waals surface area contributed by atoms with E-state index < -0.39 is 0 Å². The Hall–Kier alpha value is -1.87. The number of aromatic hydroxyl groups is 2. The summed E-state index contributed by atoms with van der Waals surface area (Å²) in [7, 11) is 0. The number of phenolic OH excluding ortho intramolecular Hbond substituents is 2. The summed E-state index contributed by atoms with van der Waals surface area (Å²) >= 11 is 1.89. The van der Waals surface area contributed by atoms with E-state index in [-0.39, 0.29) is 33.0 Å².